The number of anilines is 2. The Morgan fingerprint density at radius 2 is 0.714 bits per heavy atom. The number of amides is 4. The molecule has 140 valence electrons. The van der Waals surface area contributed by atoms with Crippen LogP contribution in [0.25, 0.3) is 0 Å². The Morgan fingerprint density at radius 3 is 0.964 bits per heavy atom. The second-order valence-electron chi connectivity index (χ2n) is 5.72. The van der Waals surface area contributed by atoms with Gasteiger partial charge in [-0.3, -0.25) is 19.2 Å². The maximum Gasteiger partial charge on any atom is 0.258 e. The molecule has 0 aliphatic carbocycles. The van der Waals surface area contributed by atoms with Crippen molar-refractivity contribution in [1.29, 1.82) is 0 Å². The van der Waals surface area contributed by atoms with Crippen LogP contribution in [-0.4, -0.2) is 33.8 Å². The van der Waals surface area contributed by atoms with E-state index < -0.39 is 0 Å². The molecule has 28 heavy (non-hydrogen) atoms. The Hall–Kier alpha value is -4.20. The lowest BCUT2D eigenvalue weighted by Gasteiger charge is -2.13. The first kappa shape index (κ1) is 18.6. The molecule has 2 heterocycles. The molecule has 0 fully saturated rings. The lowest BCUT2D eigenvalue weighted by molar-refractivity contribution is -0.121. The molecule has 8 nitrogen and oxygen atoms in total. The molecule has 4 amide bonds. The van der Waals surface area contributed by atoms with Crippen LogP contribution < -0.4 is 9.80 Å². The van der Waals surface area contributed by atoms with Crippen molar-refractivity contribution in [2.45, 2.75) is 0 Å². The standard InChI is InChI=1S/2C10H7NO3/c2*12-8-3-1-7(2-4-8)11-9(13)5-6-10(11)14/h2*1-6,12H. The normalized spacial score (nSPS) is 15.3. The molecular formula is C20H14N2O6. The number of hydrogen-bond donors (Lipinski definition) is 2. The van der Waals surface area contributed by atoms with Gasteiger partial charge in [-0.25, -0.2) is 9.80 Å². The van der Waals surface area contributed by atoms with Crippen LogP contribution in [-0.2, 0) is 19.2 Å². The van der Waals surface area contributed by atoms with E-state index in [2.05, 4.69) is 0 Å². The molecule has 8 heteroatoms. The van der Waals surface area contributed by atoms with Gasteiger partial charge in [0, 0.05) is 24.3 Å². The molecule has 0 radical (unpaired) electrons. The van der Waals surface area contributed by atoms with Gasteiger partial charge in [0.2, 0.25) is 0 Å². The summed E-state index contributed by atoms with van der Waals surface area (Å²) in [6.45, 7) is 0. The molecule has 0 spiro atoms. The molecule has 0 atom stereocenters. The fourth-order valence-electron chi connectivity index (χ4n) is 2.51. The minimum absolute atomic E-state index is 0.0980. The van der Waals surface area contributed by atoms with Crippen molar-refractivity contribution in [3.05, 3.63) is 72.8 Å². The first-order valence-corrected chi connectivity index (χ1v) is 8.07. The Kier molecular flexibility index (Phi) is 5.03. The van der Waals surface area contributed by atoms with Gasteiger partial charge < -0.3 is 10.2 Å². The van der Waals surface area contributed by atoms with Crippen LogP contribution >= 0.6 is 0 Å². The molecule has 0 aromatic heterocycles. The van der Waals surface area contributed by atoms with Crippen LogP contribution in [0.4, 0.5) is 11.4 Å². The van der Waals surface area contributed by atoms with Gasteiger partial charge in [-0.1, -0.05) is 0 Å². The van der Waals surface area contributed by atoms with E-state index in [9.17, 15) is 19.2 Å². The molecule has 4 rings (SSSR count). The SMILES string of the molecule is O=C1C=CC(=O)N1c1ccc(O)cc1.O=C1C=CC(=O)N1c1ccc(O)cc1. The topological polar surface area (TPSA) is 115 Å². The van der Waals surface area contributed by atoms with Gasteiger partial charge >= 0.3 is 0 Å². The van der Waals surface area contributed by atoms with E-state index in [1.54, 1.807) is 0 Å². The predicted octanol–water partition coefficient (Wildman–Crippen LogP) is 1.64. The predicted molar refractivity (Wildman–Crippen MR) is 99.5 cm³/mol. The Labute approximate surface area is 159 Å². The summed E-state index contributed by atoms with van der Waals surface area (Å²) in [7, 11) is 0. The Balaban J connectivity index is 0.000000161. The number of carbonyl (C=O) groups is 4. The molecular weight excluding hydrogens is 364 g/mol. The average molecular weight is 378 g/mol. The van der Waals surface area contributed by atoms with Gasteiger partial charge in [-0.2, -0.15) is 0 Å². The molecule has 0 unspecified atom stereocenters. The zero-order valence-electron chi connectivity index (χ0n) is 14.4. The number of benzene rings is 2. The fourth-order valence-corrected chi connectivity index (χ4v) is 2.51. The summed E-state index contributed by atoms with van der Waals surface area (Å²) in [4.78, 5) is 47.0. The van der Waals surface area contributed by atoms with Crippen molar-refractivity contribution < 1.29 is 29.4 Å². The molecule has 0 bridgehead atoms. The number of rotatable bonds is 2. The lowest BCUT2D eigenvalue weighted by Crippen LogP contribution is -2.29. The van der Waals surface area contributed by atoms with Gasteiger partial charge in [-0.15, -0.1) is 0 Å². The Morgan fingerprint density at radius 1 is 0.464 bits per heavy atom. The van der Waals surface area contributed by atoms with Crippen LogP contribution in [0.1, 0.15) is 0 Å². The lowest BCUT2D eigenvalue weighted by atomic mass is 10.3. The van der Waals surface area contributed by atoms with E-state index >= 15 is 0 Å². The number of phenols is 2. The quantitative estimate of drug-likeness (QED) is 0.768. The average Bonchev–Trinajstić information content (AvgIpc) is 3.19. The number of phenolic OH excluding ortho intramolecular Hbond substituents is 2. The van der Waals surface area contributed by atoms with E-state index in [-0.39, 0.29) is 35.1 Å². The third-order valence-corrected chi connectivity index (χ3v) is 3.83. The molecule has 2 N–H and O–H groups in total. The fraction of sp³-hybridized carbons (Fsp3) is 0. The highest BCUT2D eigenvalue weighted by Crippen LogP contribution is 2.22. The second kappa shape index (κ2) is 7.58. The van der Waals surface area contributed by atoms with E-state index in [1.807, 2.05) is 0 Å². The maximum absolute atomic E-state index is 11.2. The molecule has 0 saturated carbocycles. The summed E-state index contributed by atoms with van der Waals surface area (Å²) in [5.74, 6) is -1.25. The smallest absolute Gasteiger partial charge is 0.258 e. The van der Waals surface area contributed by atoms with Crippen molar-refractivity contribution in [2.24, 2.45) is 0 Å². The van der Waals surface area contributed by atoms with Crippen molar-refractivity contribution in [1.82, 2.24) is 0 Å². The number of hydrogen-bond acceptors (Lipinski definition) is 6. The van der Waals surface area contributed by atoms with E-state index in [0.29, 0.717) is 11.4 Å². The van der Waals surface area contributed by atoms with E-state index in [0.717, 1.165) is 9.80 Å². The molecule has 2 aliphatic heterocycles. The monoisotopic (exact) mass is 378 g/mol. The second-order valence-corrected chi connectivity index (χ2v) is 5.72. The van der Waals surface area contributed by atoms with Gasteiger partial charge in [0.05, 0.1) is 11.4 Å². The number of carbonyl (C=O) groups excluding carboxylic acids is 4. The summed E-state index contributed by atoms with van der Waals surface area (Å²) in [5, 5.41) is 18.1. The largest absolute Gasteiger partial charge is 0.508 e. The first-order valence-electron chi connectivity index (χ1n) is 8.07. The minimum atomic E-state index is -0.360. The van der Waals surface area contributed by atoms with Crippen molar-refractivity contribution in [3.63, 3.8) is 0 Å². The number of imide groups is 2. The zero-order chi connectivity index (χ0) is 20.3. The van der Waals surface area contributed by atoms with Crippen LogP contribution in [0.5, 0.6) is 11.5 Å². The summed E-state index contributed by atoms with van der Waals surface area (Å²) in [6, 6.07) is 11.7. The van der Waals surface area contributed by atoms with E-state index in [1.165, 1.54) is 72.8 Å². The first-order chi connectivity index (χ1) is 13.4. The van der Waals surface area contributed by atoms with Crippen LogP contribution in [0, 0.1) is 0 Å². The summed E-state index contributed by atoms with van der Waals surface area (Å²) >= 11 is 0. The third-order valence-electron chi connectivity index (χ3n) is 3.83. The minimum Gasteiger partial charge on any atom is -0.508 e. The summed E-state index contributed by atoms with van der Waals surface area (Å²) in [6.07, 6.45) is 4.87. The molecule has 2 aliphatic rings. The van der Waals surface area contributed by atoms with Gasteiger partial charge in [0.15, 0.2) is 0 Å². The third kappa shape index (κ3) is 3.80. The van der Waals surface area contributed by atoms with Crippen LogP contribution in [0.15, 0.2) is 72.8 Å². The maximum atomic E-state index is 11.2. The van der Waals surface area contributed by atoms with Gasteiger partial charge in [0.1, 0.15) is 11.5 Å². The summed E-state index contributed by atoms with van der Waals surface area (Å²) in [5.41, 5.74) is 0.922. The zero-order valence-corrected chi connectivity index (χ0v) is 14.4. The number of aromatic hydroxyl groups is 2. The molecule has 0 saturated heterocycles. The van der Waals surface area contributed by atoms with Gasteiger partial charge in [0.25, 0.3) is 23.6 Å². The van der Waals surface area contributed by atoms with Crippen molar-refractivity contribution >= 4 is 35.0 Å². The number of nitrogens with zero attached hydrogens (tertiary/aromatic N) is 2. The summed E-state index contributed by atoms with van der Waals surface area (Å²) < 4.78 is 0. The highest BCUT2D eigenvalue weighted by atomic mass is 16.3. The highest BCUT2D eigenvalue weighted by Gasteiger charge is 2.25. The van der Waals surface area contributed by atoms with Crippen molar-refractivity contribution in [3.8, 4) is 11.5 Å². The van der Waals surface area contributed by atoms with Crippen molar-refractivity contribution in [2.75, 3.05) is 9.80 Å². The van der Waals surface area contributed by atoms with Gasteiger partial charge in [-0.05, 0) is 48.5 Å². The van der Waals surface area contributed by atoms with Crippen LogP contribution in [0.3, 0.4) is 0 Å². The molecule has 2 aromatic carbocycles. The Bertz CT molecular complexity index is 886. The van der Waals surface area contributed by atoms with Crippen LogP contribution in [0.2, 0.25) is 0 Å². The molecule has 2 aromatic rings. The van der Waals surface area contributed by atoms with E-state index in [4.69, 9.17) is 10.2 Å². The highest BCUT2D eigenvalue weighted by molar-refractivity contribution is 6.28.